The highest BCUT2D eigenvalue weighted by Crippen LogP contribution is 2.25. The minimum absolute atomic E-state index is 0.0523. The number of nitrogens with one attached hydrogen (secondary N) is 2. The maximum atomic E-state index is 12.6. The zero-order chi connectivity index (χ0) is 19.2. The number of hydrogen-bond acceptors (Lipinski definition) is 3. The maximum absolute atomic E-state index is 12.6. The van der Waals surface area contributed by atoms with Crippen molar-refractivity contribution >= 4 is 17.9 Å². The summed E-state index contributed by atoms with van der Waals surface area (Å²) in [6.07, 6.45) is 5.99. The predicted octanol–water partition coefficient (Wildman–Crippen LogP) is 2.75. The Morgan fingerprint density at radius 3 is 2.67 bits per heavy atom. The normalized spacial score (nSPS) is 16.9. The van der Waals surface area contributed by atoms with Crippen molar-refractivity contribution in [2.75, 3.05) is 13.1 Å². The van der Waals surface area contributed by atoms with Gasteiger partial charge in [0.25, 0.3) is 11.8 Å². The Kier molecular flexibility index (Phi) is 6.32. The SMILES string of the molecule is O=C(O)NCCCCN1Cc2ccc(C(=O)NC3CCCCC3)cc2C1=O. The van der Waals surface area contributed by atoms with Gasteiger partial charge in [0.1, 0.15) is 0 Å². The van der Waals surface area contributed by atoms with Crippen LogP contribution in [0.5, 0.6) is 0 Å². The van der Waals surface area contributed by atoms with Gasteiger partial charge < -0.3 is 20.6 Å². The van der Waals surface area contributed by atoms with Crippen LogP contribution in [-0.4, -0.2) is 47.0 Å². The van der Waals surface area contributed by atoms with Crippen molar-refractivity contribution in [3.05, 3.63) is 34.9 Å². The van der Waals surface area contributed by atoms with E-state index in [1.165, 1.54) is 6.42 Å². The molecule has 7 nitrogen and oxygen atoms in total. The Balaban J connectivity index is 1.54. The Hall–Kier alpha value is -2.57. The van der Waals surface area contributed by atoms with Crippen LogP contribution in [0, 0.1) is 0 Å². The van der Waals surface area contributed by atoms with Crippen LogP contribution < -0.4 is 10.6 Å². The first-order valence-electron chi connectivity index (χ1n) is 9.74. The van der Waals surface area contributed by atoms with Crippen LogP contribution in [0.1, 0.15) is 71.2 Å². The molecule has 0 radical (unpaired) electrons. The third kappa shape index (κ3) is 4.99. The molecule has 1 fully saturated rings. The van der Waals surface area contributed by atoms with Crippen LogP contribution in [0.25, 0.3) is 0 Å². The number of hydrogen-bond donors (Lipinski definition) is 3. The van der Waals surface area contributed by atoms with Crippen molar-refractivity contribution in [2.24, 2.45) is 0 Å². The number of carbonyl (C=O) groups excluding carboxylic acids is 2. The summed E-state index contributed by atoms with van der Waals surface area (Å²) in [7, 11) is 0. The lowest BCUT2D eigenvalue weighted by molar-refractivity contribution is 0.0775. The lowest BCUT2D eigenvalue weighted by atomic mass is 9.95. The van der Waals surface area contributed by atoms with Crippen molar-refractivity contribution in [3.63, 3.8) is 0 Å². The molecule has 3 amide bonds. The number of unbranched alkanes of at least 4 members (excludes halogenated alkanes) is 1. The molecule has 1 heterocycles. The quantitative estimate of drug-likeness (QED) is 0.640. The van der Waals surface area contributed by atoms with Crippen LogP contribution >= 0.6 is 0 Å². The number of carbonyl (C=O) groups is 3. The number of nitrogens with zero attached hydrogens (tertiary/aromatic N) is 1. The van der Waals surface area contributed by atoms with Gasteiger partial charge in [0.05, 0.1) is 0 Å². The third-order valence-corrected chi connectivity index (χ3v) is 5.32. The highest BCUT2D eigenvalue weighted by Gasteiger charge is 2.28. The molecule has 0 atom stereocenters. The molecule has 1 aliphatic carbocycles. The summed E-state index contributed by atoms with van der Waals surface area (Å²) < 4.78 is 0. The Labute approximate surface area is 159 Å². The average Bonchev–Trinajstić information content (AvgIpc) is 2.97. The largest absolute Gasteiger partial charge is 0.465 e. The second-order valence-electron chi connectivity index (χ2n) is 7.35. The van der Waals surface area contributed by atoms with Crippen molar-refractivity contribution in [2.45, 2.75) is 57.5 Å². The van der Waals surface area contributed by atoms with Gasteiger partial charge in [-0.25, -0.2) is 4.79 Å². The first kappa shape index (κ1) is 19.2. The molecule has 3 N–H and O–H groups in total. The minimum Gasteiger partial charge on any atom is -0.465 e. The van der Waals surface area contributed by atoms with Crippen molar-refractivity contribution in [1.29, 1.82) is 0 Å². The smallest absolute Gasteiger partial charge is 0.404 e. The molecule has 1 saturated carbocycles. The summed E-state index contributed by atoms with van der Waals surface area (Å²) in [5.41, 5.74) is 2.09. The monoisotopic (exact) mass is 373 g/mol. The van der Waals surface area contributed by atoms with Gasteiger partial charge in [-0.15, -0.1) is 0 Å². The van der Waals surface area contributed by atoms with Gasteiger partial charge in [-0.2, -0.15) is 0 Å². The van der Waals surface area contributed by atoms with Crippen molar-refractivity contribution in [1.82, 2.24) is 15.5 Å². The number of amides is 3. The summed E-state index contributed by atoms with van der Waals surface area (Å²) in [5.74, 6) is -0.154. The predicted molar refractivity (Wildman–Crippen MR) is 101 cm³/mol. The maximum Gasteiger partial charge on any atom is 0.404 e. The minimum atomic E-state index is -1.03. The van der Waals surface area contributed by atoms with Crippen LogP contribution in [0.15, 0.2) is 18.2 Å². The standard InChI is InChI=1S/C20H27N3O4/c24-18(22-16-6-2-1-3-7-16)14-8-9-15-13-23(19(25)17(15)12-14)11-5-4-10-21-20(26)27/h8-9,12,16,21H,1-7,10-11,13H2,(H,22,24)(H,26,27). The Morgan fingerprint density at radius 1 is 1.15 bits per heavy atom. The fraction of sp³-hybridized carbons (Fsp3) is 0.550. The zero-order valence-electron chi connectivity index (χ0n) is 15.5. The molecule has 1 aliphatic heterocycles. The molecule has 3 rings (SSSR count). The van der Waals surface area contributed by atoms with Gasteiger partial charge in [-0.1, -0.05) is 25.3 Å². The lowest BCUT2D eigenvalue weighted by Gasteiger charge is -2.22. The highest BCUT2D eigenvalue weighted by molar-refractivity contribution is 6.02. The van der Waals surface area contributed by atoms with E-state index in [-0.39, 0.29) is 17.9 Å². The second-order valence-corrected chi connectivity index (χ2v) is 7.35. The fourth-order valence-electron chi connectivity index (χ4n) is 3.82. The molecular weight excluding hydrogens is 346 g/mol. The summed E-state index contributed by atoms with van der Waals surface area (Å²) >= 11 is 0. The van der Waals surface area contributed by atoms with Crippen LogP contribution in [0.2, 0.25) is 0 Å². The Bertz CT molecular complexity index is 713. The molecule has 0 unspecified atom stereocenters. The van der Waals surface area contributed by atoms with Crippen molar-refractivity contribution in [3.8, 4) is 0 Å². The van der Waals surface area contributed by atoms with E-state index in [0.717, 1.165) is 37.7 Å². The summed E-state index contributed by atoms with van der Waals surface area (Å²) in [6, 6.07) is 5.62. The summed E-state index contributed by atoms with van der Waals surface area (Å²) in [4.78, 5) is 37.3. The molecule has 0 bridgehead atoms. The average molecular weight is 373 g/mol. The molecule has 1 aromatic carbocycles. The van der Waals surface area contributed by atoms with E-state index in [4.69, 9.17) is 5.11 Å². The van der Waals surface area contributed by atoms with Crippen LogP contribution in [0.3, 0.4) is 0 Å². The number of benzene rings is 1. The van der Waals surface area contributed by atoms with Crippen LogP contribution in [0.4, 0.5) is 4.79 Å². The van der Waals surface area contributed by atoms with E-state index in [9.17, 15) is 14.4 Å². The fourth-order valence-corrected chi connectivity index (χ4v) is 3.82. The first-order valence-corrected chi connectivity index (χ1v) is 9.74. The second kappa shape index (κ2) is 8.88. The number of rotatable bonds is 7. The highest BCUT2D eigenvalue weighted by atomic mass is 16.4. The molecule has 0 spiro atoms. The van der Waals surface area contributed by atoms with Gasteiger partial charge in [0.2, 0.25) is 0 Å². The Morgan fingerprint density at radius 2 is 1.93 bits per heavy atom. The number of fused-ring (bicyclic) bond motifs is 1. The topological polar surface area (TPSA) is 98.7 Å². The van der Waals surface area contributed by atoms with E-state index in [0.29, 0.717) is 37.2 Å². The van der Waals surface area contributed by atoms with Crippen LogP contribution in [-0.2, 0) is 6.54 Å². The molecule has 7 heteroatoms. The molecule has 0 aromatic heterocycles. The number of carboxylic acid groups (broad SMARTS) is 1. The lowest BCUT2D eigenvalue weighted by Crippen LogP contribution is -2.36. The van der Waals surface area contributed by atoms with E-state index >= 15 is 0 Å². The summed E-state index contributed by atoms with van der Waals surface area (Å²) in [5, 5.41) is 14.0. The van der Waals surface area contributed by atoms with E-state index in [2.05, 4.69) is 10.6 Å². The summed E-state index contributed by atoms with van der Waals surface area (Å²) in [6.45, 7) is 1.51. The van der Waals surface area contributed by atoms with Crippen molar-refractivity contribution < 1.29 is 19.5 Å². The first-order chi connectivity index (χ1) is 13.0. The van der Waals surface area contributed by atoms with E-state index in [1.807, 2.05) is 6.07 Å². The van der Waals surface area contributed by atoms with E-state index < -0.39 is 6.09 Å². The van der Waals surface area contributed by atoms with Gasteiger partial charge in [-0.05, 0) is 43.4 Å². The molecule has 27 heavy (non-hydrogen) atoms. The molecule has 146 valence electrons. The van der Waals surface area contributed by atoms with Gasteiger partial charge >= 0.3 is 6.09 Å². The van der Waals surface area contributed by atoms with E-state index in [1.54, 1.807) is 17.0 Å². The molecular formula is C20H27N3O4. The molecule has 1 aromatic rings. The van der Waals surface area contributed by atoms with Gasteiger partial charge in [0.15, 0.2) is 0 Å². The molecule has 0 saturated heterocycles. The third-order valence-electron chi connectivity index (χ3n) is 5.32. The van der Waals surface area contributed by atoms with Gasteiger partial charge in [0, 0.05) is 36.8 Å². The molecule has 2 aliphatic rings. The zero-order valence-corrected chi connectivity index (χ0v) is 15.5. The van der Waals surface area contributed by atoms with Gasteiger partial charge in [-0.3, -0.25) is 9.59 Å².